The molecule has 1 atom stereocenters. The number of hydrogen-bond donors (Lipinski definition) is 3. The molecule has 26 heavy (non-hydrogen) atoms. The Labute approximate surface area is 147 Å². The molecule has 0 aliphatic carbocycles. The molecule has 1 aromatic heterocycles. The predicted octanol–water partition coefficient (Wildman–Crippen LogP) is 0.914. The van der Waals surface area contributed by atoms with Gasteiger partial charge in [0.15, 0.2) is 6.61 Å². The van der Waals surface area contributed by atoms with Crippen LogP contribution in [0.3, 0.4) is 0 Å². The van der Waals surface area contributed by atoms with Gasteiger partial charge < -0.3 is 24.7 Å². The molecule has 138 valence electrons. The standard InChI is InChI=1S/C17H17NO8/c1-9-6-16(22)26-13-7-10(2-3-11(9)13)25-8-14(19)18-12(17(23)24)4-5-15(20)21/h2-3,6-7,12H,4-5,8H2,1H3,(H,18,19)(H,20,21)(H,23,24)/t12-/m0/s1. The Morgan fingerprint density at radius 1 is 1.23 bits per heavy atom. The molecular weight excluding hydrogens is 346 g/mol. The van der Waals surface area contributed by atoms with Crippen molar-refractivity contribution in [2.24, 2.45) is 0 Å². The summed E-state index contributed by atoms with van der Waals surface area (Å²) in [6.07, 6.45) is -0.627. The van der Waals surface area contributed by atoms with Crippen molar-refractivity contribution in [3.63, 3.8) is 0 Å². The van der Waals surface area contributed by atoms with E-state index in [0.29, 0.717) is 5.58 Å². The molecular formula is C17H17NO8. The van der Waals surface area contributed by atoms with Crippen molar-refractivity contribution in [3.8, 4) is 5.75 Å². The van der Waals surface area contributed by atoms with Crippen LogP contribution in [0.2, 0.25) is 0 Å². The Balaban J connectivity index is 2.00. The second kappa shape index (κ2) is 8.15. The largest absolute Gasteiger partial charge is 0.484 e. The molecule has 1 aromatic carbocycles. The van der Waals surface area contributed by atoms with E-state index in [0.717, 1.165) is 10.9 Å². The lowest BCUT2D eigenvalue weighted by Crippen LogP contribution is -2.43. The van der Waals surface area contributed by atoms with Gasteiger partial charge in [0.05, 0.1) is 0 Å². The summed E-state index contributed by atoms with van der Waals surface area (Å²) in [5.41, 5.74) is 0.536. The molecule has 0 aliphatic heterocycles. The van der Waals surface area contributed by atoms with Gasteiger partial charge in [-0.1, -0.05) is 0 Å². The smallest absolute Gasteiger partial charge is 0.336 e. The maximum Gasteiger partial charge on any atom is 0.336 e. The first-order chi connectivity index (χ1) is 12.3. The van der Waals surface area contributed by atoms with E-state index >= 15 is 0 Å². The fraction of sp³-hybridized carbons (Fsp3) is 0.294. The van der Waals surface area contributed by atoms with Gasteiger partial charge in [-0.3, -0.25) is 9.59 Å². The summed E-state index contributed by atoms with van der Waals surface area (Å²) in [5.74, 6) is -2.94. The molecule has 0 aliphatic rings. The molecule has 0 fully saturated rings. The SMILES string of the molecule is Cc1cc(=O)oc2cc(OCC(=O)N[C@@H](CCC(=O)O)C(=O)O)ccc12. The van der Waals surface area contributed by atoms with E-state index in [-0.39, 0.29) is 18.6 Å². The molecule has 2 rings (SSSR count). The number of carbonyl (C=O) groups is 3. The molecule has 0 spiro atoms. The number of benzene rings is 1. The summed E-state index contributed by atoms with van der Waals surface area (Å²) in [4.78, 5) is 44.8. The number of fused-ring (bicyclic) bond motifs is 1. The van der Waals surface area contributed by atoms with Gasteiger partial charge in [-0.2, -0.15) is 0 Å². The Bertz CT molecular complexity index is 901. The van der Waals surface area contributed by atoms with Crippen LogP contribution in [0.1, 0.15) is 18.4 Å². The van der Waals surface area contributed by atoms with Gasteiger partial charge in [0, 0.05) is 23.9 Å². The van der Waals surface area contributed by atoms with Gasteiger partial charge >= 0.3 is 17.6 Å². The predicted molar refractivity (Wildman–Crippen MR) is 89.2 cm³/mol. The van der Waals surface area contributed by atoms with Crippen LogP contribution in [0.5, 0.6) is 5.75 Å². The van der Waals surface area contributed by atoms with Crippen LogP contribution in [0.25, 0.3) is 11.0 Å². The van der Waals surface area contributed by atoms with Crippen molar-refractivity contribution < 1.29 is 33.8 Å². The number of carboxylic acids is 2. The molecule has 1 heterocycles. The number of carbonyl (C=O) groups excluding carboxylic acids is 1. The van der Waals surface area contributed by atoms with Crippen LogP contribution in [0, 0.1) is 6.92 Å². The van der Waals surface area contributed by atoms with E-state index in [1.165, 1.54) is 12.1 Å². The van der Waals surface area contributed by atoms with E-state index in [1.54, 1.807) is 19.1 Å². The Morgan fingerprint density at radius 2 is 1.96 bits per heavy atom. The average molecular weight is 363 g/mol. The number of aliphatic carboxylic acids is 2. The lowest BCUT2D eigenvalue weighted by molar-refractivity contribution is -0.143. The highest BCUT2D eigenvalue weighted by atomic mass is 16.5. The zero-order valence-electron chi connectivity index (χ0n) is 13.9. The maximum atomic E-state index is 11.8. The highest BCUT2D eigenvalue weighted by molar-refractivity contribution is 5.85. The van der Waals surface area contributed by atoms with Crippen LogP contribution in [-0.2, 0) is 14.4 Å². The summed E-state index contributed by atoms with van der Waals surface area (Å²) >= 11 is 0. The van der Waals surface area contributed by atoms with Crippen molar-refractivity contribution in [1.82, 2.24) is 5.32 Å². The van der Waals surface area contributed by atoms with Gasteiger partial charge in [0.1, 0.15) is 17.4 Å². The van der Waals surface area contributed by atoms with Crippen molar-refractivity contribution >= 4 is 28.8 Å². The quantitative estimate of drug-likeness (QED) is 0.587. The number of nitrogens with one attached hydrogen (secondary N) is 1. The lowest BCUT2D eigenvalue weighted by atomic mass is 10.1. The second-order valence-electron chi connectivity index (χ2n) is 5.59. The number of rotatable bonds is 8. The lowest BCUT2D eigenvalue weighted by Gasteiger charge is -2.14. The molecule has 0 radical (unpaired) electrons. The topological polar surface area (TPSA) is 143 Å². The van der Waals surface area contributed by atoms with Gasteiger partial charge in [0.25, 0.3) is 5.91 Å². The third kappa shape index (κ3) is 5.07. The third-order valence-corrected chi connectivity index (χ3v) is 3.57. The molecule has 9 nitrogen and oxygen atoms in total. The van der Waals surface area contributed by atoms with Crippen molar-refractivity contribution in [1.29, 1.82) is 0 Å². The summed E-state index contributed by atoms with van der Waals surface area (Å²) in [6, 6.07) is 4.75. The first-order valence-corrected chi connectivity index (χ1v) is 7.67. The van der Waals surface area contributed by atoms with Gasteiger partial charge in [-0.15, -0.1) is 0 Å². The van der Waals surface area contributed by atoms with E-state index in [9.17, 15) is 19.2 Å². The summed E-state index contributed by atoms with van der Waals surface area (Å²) in [7, 11) is 0. The number of carboxylic acid groups (broad SMARTS) is 2. The van der Waals surface area contributed by atoms with Gasteiger partial charge in [0.2, 0.25) is 0 Å². The molecule has 2 aromatic rings. The van der Waals surface area contributed by atoms with E-state index < -0.39 is 36.1 Å². The molecule has 0 bridgehead atoms. The highest BCUT2D eigenvalue weighted by Gasteiger charge is 2.21. The second-order valence-corrected chi connectivity index (χ2v) is 5.59. The Kier molecular flexibility index (Phi) is 5.94. The summed E-state index contributed by atoms with van der Waals surface area (Å²) in [6.45, 7) is 1.29. The average Bonchev–Trinajstić information content (AvgIpc) is 2.55. The third-order valence-electron chi connectivity index (χ3n) is 3.57. The number of ether oxygens (including phenoxy) is 1. The first kappa shape index (κ1) is 19.0. The number of aryl methyl sites for hydroxylation is 1. The Morgan fingerprint density at radius 3 is 2.62 bits per heavy atom. The van der Waals surface area contributed by atoms with Crippen LogP contribution >= 0.6 is 0 Å². The molecule has 3 N–H and O–H groups in total. The number of hydrogen-bond acceptors (Lipinski definition) is 6. The van der Waals surface area contributed by atoms with Crippen molar-refractivity contribution in [3.05, 3.63) is 40.2 Å². The fourth-order valence-corrected chi connectivity index (χ4v) is 2.31. The number of amides is 1. The fourth-order valence-electron chi connectivity index (χ4n) is 2.31. The van der Waals surface area contributed by atoms with Crippen molar-refractivity contribution in [2.45, 2.75) is 25.8 Å². The summed E-state index contributed by atoms with van der Waals surface area (Å²) < 4.78 is 10.3. The van der Waals surface area contributed by atoms with Crippen molar-refractivity contribution in [2.75, 3.05) is 6.61 Å². The zero-order chi connectivity index (χ0) is 19.3. The molecule has 9 heteroatoms. The van der Waals surface area contributed by atoms with Crippen LogP contribution in [-0.4, -0.2) is 40.7 Å². The minimum atomic E-state index is -1.33. The first-order valence-electron chi connectivity index (χ1n) is 7.67. The molecule has 0 saturated heterocycles. The maximum absolute atomic E-state index is 11.8. The normalized spacial score (nSPS) is 11.7. The molecule has 0 saturated carbocycles. The van der Waals surface area contributed by atoms with Crippen LogP contribution in [0.15, 0.2) is 33.5 Å². The van der Waals surface area contributed by atoms with Crippen LogP contribution < -0.4 is 15.7 Å². The highest BCUT2D eigenvalue weighted by Crippen LogP contribution is 2.22. The van der Waals surface area contributed by atoms with E-state index in [1.807, 2.05) is 0 Å². The zero-order valence-corrected chi connectivity index (χ0v) is 13.9. The minimum Gasteiger partial charge on any atom is -0.484 e. The van der Waals surface area contributed by atoms with Gasteiger partial charge in [-0.25, -0.2) is 9.59 Å². The summed E-state index contributed by atoms with van der Waals surface area (Å²) in [5, 5.41) is 20.5. The Hall–Kier alpha value is -3.36. The van der Waals surface area contributed by atoms with E-state index in [2.05, 4.69) is 5.32 Å². The molecule has 0 unspecified atom stereocenters. The molecule has 1 amide bonds. The van der Waals surface area contributed by atoms with Gasteiger partial charge in [-0.05, 0) is 31.0 Å². The minimum absolute atomic E-state index is 0.239. The monoisotopic (exact) mass is 363 g/mol. The van der Waals surface area contributed by atoms with E-state index in [4.69, 9.17) is 19.4 Å². The van der Waals surface area contributed by atoms with Crippen LogP contribution in [0.4, 0.5) is 0 Å².